The highest BCUT2D eigenvalue weighted by molar-refractivity contribution is 7.91. The van der Waals surface area contributed by atoms with E-state index in [0.717, 1.165) is 6.33 Å². The fourth-order valence-electron chi connectivity index (χ4n) is 2.33. The van der Waals surface area contributed by atoms with Gasteiger partial charge in [0, 0.05) is 12.6 Å². The van der Waals surface area contributed by atoms with Gasteiger partial charge in [-0.25, -0.2) is 23.2 Å². The van der Waals surface area contributed by atoms with Gasteiger partial charge in [0.25, 0.3) is 10.0 Å². The topological polar surface area (TPSA) is 148 Å². The van der Waals surface area contributed by atoms with Crippen LogP contribution >= 0.6 is 0 Å². The molecule has 10 heteroatoms. The van der Waals surface area contributed by atoms with Crippen molar-refractivity contribution in [2.45, 2.75) is 43.1 Å². The van der Waals surface area contributed by atoms with E-state index in [1.165, 1.54) is 12.3 Å². The number of ether oxygens (including phenoxy) is 1. The molecule has 120 valence electrons. The fraction of sp³-hybridized carbons (Fsp3) is 0.583. The van der Waals surface area contributed by atoms with Crippen molar-refractivity contribution in [3.05, 3.63) is 24.3 Å². The zero-order valence-electron chi connectivity index (χ0n) is 12.4. The summed E-state index contributed by atoms with van der Waals surface area (Å²) in [5, 5.41) is 0. The fourth-order valence-corrected chi connectivity index (χ4v) is 3.83. The van der Waals surface area contributed by atoms with Gasteiger partial charge in [0.05, 0.1) is 5.69 Å². The Kier molecular flexibility index (Phi) is 3.57. The molecule has 0 aliphatic heterocycles. The zero-order valence-corrected chi connectivity index (χ0v) is 13.2. The molecule has 1 aromatic rings. The first-order chi connectivity index (χ1) is 10.0. The second kappa shape index (κ2) is 4.78. The van der Waals surface area contributed by atoms with Gasteiger partial charge in [0.2, 0.25) is 0 Å². The predicted octanol–water partition coefficient (Wildman–Crippen LogP) is 0.476. The quantitative estimate of drug-likeness (QED) is 0.603. The number of carbonyl (C=O) groups excluding carboxylic acids is 1. The highest BCUT2D eigenvalue weighted by Crippen LogP contribution is 2.60. The molecule has 0 spiro atoms. The number of aromatic nitrogens is 2. The van der Waals surface area contributed by atoms with Crippen molar-refractivity contribution < 1.29 is 17.9 Å². The number of hydrogen-bond donors (Lipinski definition) is 2. The van der Waals surface area contributed by atoms with Crippen LogP contribution in [0.5, 0.6) is 0 Å². The van der Waals surface area contributed by atoms with Gasteiger partial charge >= 0.3 is 5.97 Å². The van der Waals surface area contributed by atoms with Crippen LogP contribution in [0.3, 0.4) is 0 Å². The largest absolute Gasteiger partial charge is 0.459 e. The van der Waals surface area contributed by atoms with Gasteiger partial charge in [-0.2, -0.15) is 5.53 Å². The summed E-state index contributed by atoms with van der Waals surface area (Å²) in [5.74, 6) is -0.870. The van der Waals surface area contributed by atoms with Gasteiger partial charge in [-0.1, -0.05) is 4.52 Å². The van der Waals surface area contributed by atoms with Crippen LogP contribution in [0.15, 0.2) is 23.1 Å². The number of rotatable bonds is 4. The number of nitrogens with two attached hydrogens (primary N) is 1. The minimum absolute atomic E-state index is 0.0202. The van der Waals surface area contributed by atoms with E-state index in [9.17, 15) is 13.2 Å². The van der Waals surface area contributed by atoms with E-state index in [2.05, 4.69) is 14.5 Å². The third kappa shape index (κ3) is 2.28. The number of hydrogen-bond acceptors (Lipinski definition) is 8. The molecule has 1 heterocycles. The number of nitrogens with zero attached hydrogens (tertiary/aromatic N) is 3. The van der Waals surface area contributed by atoms with E-state index in [1.54, 1.807) is 20.8 Å². The van der Waals surface area contributed by atoms with Crippen LogP contribution in [-0.4, -0.2) is 35.5 Å². The summed E-state index contributed by atoms with van der Waals surface area (Å²) >= 11 is 0. The van der Waals surface area contributed by atoms with E-state index in [4.69, 9.17) is 16.0 Å². The number of sulfonamides is 1. The van der Waals surface area contributed by atoms with Gasteiger partial charge in [0.1, 0.15) is 17.5 Å². The lowest BCUT2D eigenvalue weighted by Crippen LogP contribution is -2.47. The Morgan fingerprint density at radius 2 is 2.14 bits per heavy atom. The molecule has 2 rings (SSSR count). The Labute approximate surface area is 127 Å². The van der Waals surface area contributed by atoms with E-state index >= 15 is 0 Å². The van der Waals surface area contributed by atoms with Crippen LogP contribution in [0, 0.1) is 5.53 Å². The molecule has 1 aliphatic carbocycles. The highest BCUT2D eigenvalue weighted by Gasteiger charge is 2.80. The van der Waals surface area contributed by atoms with Crippen molar-refractivity contribution in [3.63, 3.8) is 0 Å². The Balaban J connectivity index is 2.53. The third-order valence-corrected chi connectivity index (χ3v) is 5.28. The molecule has 0 aromatic carbocycles. The Morgan fingerprint density at radius 3 is 2.59 bits per heavy atom. The van der Waals surface area contributed by atoms with Crippen LogP contribution in [0.4, 0.5) is 0 Å². The summed E-state index contributed by atoms with van der Waals surface area (Å²) in [6.07, 6.45) is 2.22. The SMILES string of the molecule is CC(C)(C)OC(=O)C1(N)CC1(c1ccncn1)S(=O)(=O)N=N. The number of esters is 1. The number of nitrogens with one attached hydrogen (secondary N) is 1. The molecule has 9 nitrogen and oxygen atoms in total. The van der Waals surface area contributed by atoms with Crippen LogP contribution in [0.2, 0.25) is 0 Å². The van der Waals surface area contributed by atoms with Gasteiger partial charge in [-0.15, -0.1) is 0 Å². The average molecular weight is 327 g/mol. The smallest absolute Gasteiger partial charge is 0.328 e. The molecule has 1 aliphatic rings. The molecule has 22 heavy (non-hydrogen) atoms. The molecule has 3 N–H and O–H groups in total. The van der Waals surface area contributed by atoms with E-state index < -0.39 is 31.9 Å². The Morgan fingerprint density at radius 1 is 1.50 bits per heavy atom. The molecule has 0 radical (unpaired) electrons. The predicted molar refractivity (Wildman–Crippen MR) is 75.2 cm³/mol. The van der Waals surface area contributed by atoms with Gasteiger partial charge in [0.15, 0.2) is 4.75 Å². The summed E-state index contributed by atoms with van der Waals surface area (Å²) in [7, 11) is -4.37. The standard InChI is InChI=1S/C12H17N5O4S/c1-10(2,3)21-9(18)11(13)6-12(11,22(19,20)17-14)8-4-5-15-7-16-8/h4-5,7,14H,6,13H2,1-3H3. The maximum absolute atomic E-state index is 12.3. The minimum atomic E-state index is -4.37. The average Bonchev–Trinajstić information content (AvgIpc) is 3.08. The van der Waals surface area contributed by atoms with Gasteiger partial charge in [-0.3, -0.25) is 0 Å². The normalized spacial score (nSPS) is 28.0. The molecule has 0 saturated heterocycles. The summed E-state index contributed by atoms with van der Waals surface area (Å²) < 4.78 is 30.5. The van der Waals surface area contributed by atoms with Crippen molar-refractivity contribution in [2.75, 3.05) is 0 Å². The van der Waals surface area contributed by atoms with Crippen LogP contribution < -0.4 is 5.73 Å². The van der Waals surface area contributed by atoms with Gasteiger partial charge < -0.3 is 10.5 Å². The summed E-state index contributed by atoms with van der Waals surface area (Å²) in [6, 6.07) is 1.34. The molecule has 1 fully saturated rings. The summed E-state index contributed by atoms with van der Waals surface area (Å²) in [4.78, 5) is 19.9. The van der Waals surface area contributed by atoms with Crippen molar-refractivity contribution in [3.8, 4) is 0 Å². The molecular formula is C12H17N5O4S. The maximum Gasteiger partial charge on any atom is 0.328 e. The first kappa shape index (κ1) is 16.4. The van der Waals surface area contributed by atoms with Crippen molar-refractivity contribution in [1.82, 2.24) is 9.97 Å². The van der Waals surface area contributed by atoms with E-state index in [0.29, 0.717) is 0 Å². The monoisotopic (exact) mass is 327 g/mol. The second-order valence-electron chi connectivity index (χ2n) is 6.14. The molecule has 0 bridgehead atoms. The molecular weight excluding hydrogens is 310 g/mol. The minimum Gasteiger partial charge on any atom is -0.459 e. The van der Waals surface area contributed by atoms with Gasteiger partial charge in [-0.05, 0) is 26.8 Å². The van der Waals surface area contributed by atoms with Crippen LogP contribution in [0.1, 0.15) is 32.9 Å². The molecule has 2 atom stereocenters. The molecule has 1 saturated carbocycles. The Bertz CT molecular complexity index is 715. The lowest BCUT2D eigenvalue weighted by atomic mass is 10.1. The maximum atomic E-state index is 12.3. The van der Waals surface area contributed by atoms with E-state index in [-0.39, 0.29) is 12.1 Å². The van der Waals surface area contributed by atoms with Crippen molar-refractivity contribution in [1.29, 1.82) is 5.53 Å². The highest BCUT2D eigenvalue weighted by atomic mass is 32.2. The zero-order chi connectivity index (χ0) is 16.8. The lowest BCUT2D eigenvalue weighted by molar-refractivity contribution is -0.158. The molecule has 2 unspecified atom stereocenters. The summed E-state index contributed by atoms with van der Waals surface area (Å²) in [5.41, 5.74) is 10.3. The van der Waals surface area contributed by atoms with Crippen LogP contribution in [-0.2, 0) is 24.3 Å². The first-order valence-corrected chi connectivity index (χ1v) is 7.86. The summed E-state index contributed by atoms with van der Waals surface area (Å²) in [6.45, 7) is 4.94. The molecule has 1 aromatic heterocycles. The second-order valence-corrected chi connectivity index (χ2v) is 7.97. The van der Waals surface area contributed by atoms with Crippen LogP contribution in [0.25, 0.3) is 0 Å². The Hall–Kier alpha value is -1.94. The van der Waals surface area contributed by atoms with E-state index in [1.807, 2.05) is 0 Å². The van der Waals surface area contributed by atoms with Crippen molar-refractivity contribution in [2.24, 2.45) is 10.3 Å². The molecule has 0 amide bonds. The first-order valence-electron chi connectivity index (χ1n) is 6.42. The number of carbonyl (C=O) groups is 1. The third-order valence-electron chi connectivity index (χ3n) is 3.44. The van der Waals surface area contributed by atoms with Crippen molar-refractivity contribution >= 4 is 16.0 Å². The lowest BCUT2D eigenvalue weighted by Gasteiger charge is -2.24.